The number of carbonyl (C=O) groups is 1. The van der Waals surface area contributed by atoms with Crippen molar-refractivity contribution >= 4 is 22.8 Å². The Morgan fingerprint density at radius 2 is 1.68 bits per heavy atom. The second-order valence-corrected chi connectivity index (χ2v) is 6.55. The summed E-state index contributed by atoms with van der Waals surface area (Å²) in [6.45, 7) is 0. The molecular formula is C22H19NO5. The number of allylic oxidation sites excluding steroid dienone is 1. The molecule has 0 bridgehead atoms. The van der Waals surface area contributed by atoms with Crippen LogP contribution in [-0.2, 0) is 6.42 Å². The van der Waals surface area contributed by atoms with E-state index in [-0.39, 0.29) is 11.3 Å². The molecule has 0 spiro atoms. The summed E-state index contributed by atoms with van der Waals surface area (Å²) in [5, 5.41) is 0.860. The van der Waals surface area contributed by atoms with E-state index < -0.39 is 0 Å². The van der Waals surface area contributed by atoms with Gasteiger partial charge in [0.1, 0.15) is 5.75 Å². The zero-order chi connectivity index (χ0) is 19.8. The summed E-state index contributed by atoms with van der Waals surface area (Å²) >= 11 is 0. The van der Waals surface area contributed by atoms with Crippen LogP contribution in [0.25, 0.3) is 17.0 Å². The van der Waals surface area contributed by atoms with E-state index >= 15 is 0 Å². The number of H-pyrrole nitrogens is 1. The Labute approximate surface area is 161 Å². The molecule has 1 aliphatic carbocycles. The largest absolute Gasteiger partial charge is 0.497 e. The van der Waals surface area contributed by atoms with Crippen molar-refractivity contribution in [1.29, 1.82) is 0 Å². The Hall–Kier alpha value is -3.54. The lowest BCUT2D eigenvalue weighted by molar-refractivity contribution is 0.104. The van der Waals surface area contributed by atoms with E-state index in [1.165, 1.54) is 7.11 Å². The number of ether oxygens (including phenoxy) is 3. The van der Waals surface area contributed by atoms with Crippen molar-refractivity contribution in [3.63, 3.8) is 0 Å². The number of aromatic nitrogens is 1. The minimum Gasteiger partial charge on any atom is -0.497 e. The summed E-state index contributed by atoms with van der Waals surface area (Å²) in [4.78, 5) is 28.2. The van der Waals surface area contributed by atoms with Crippen LogP contribution in [0.4, 0.5) is 0 Å². The SMILES string of the molecule is COc1ccc2cc(C=C3Cc4cc(OC)c(OC)cc4C3=O)c(=O)[nH]c2c1. The highest BCUT2D eigenvalue weighted by Crippen LogP contribution is 2.37. The third-order valence-electron chi connectivity index (χ3n) is 4.94. The van der Waals surface area contributed by atoms with Crippen molar-refractivity contribution in [2.24, 2.45) is 0 Å². The average Bonchev–Trinajstić information content (AvgIpc) is 3.01. The van der Waals surface area contributed by atoms with Crippen LogP contribution in [0, 0.1) is 0 Å². The quantitative estimate of drug-likeness (QED) is 0.706. The maximum absolute atomic E-state index is 12.8. The van der Waals surface area contributed by atoms with Crippen LogP contribution in [0.1, 0.15) is 21.5 Å². The summed E-state index contributed by atoms with van der Waals surface area (Å²) in [5.41, 5.74) is 2.85. The molecule has 2 aromatic carbocycles. The second-order valence-electron chi connectivity index (χ2n) is 6.55. The van der Waals surface area contributed by atoms with Crippen LogP contribution in [-0.4, -0.2) is 32.1 Å². The van der Waals surface area contributed by atoms with Crippen LogP contribution < -0.4 is 19.8 Å². The van der Waals surface area contributed by atoms with E-state index in [1.54, 1.807) is 38.5 Å². The predicted octanol–water partition coefficient (Wildman–Crippen LogP) is 3.38. The molecule has 6 heteroatoms. The minimum absolute atomic E-state index is 0.106. The number of ketones is 1. The summed E-state index contributed by atoms with van der Waals surface area (Å²) in [5.74, 6) is 1.64. The Morgan fingerprint density at radius 1 is 0.929 bits per heavy atom. The fraction of sp³-hybridized carbons (Fsp3) is 0.182. The highest BCUT2D eigenvalue weighted by atomic mass is 16.5. The third kappa shape index (κ3) is 2.93. The number of nitrogens with one attached hydrogen (secondary N) is 1. The molecule has 0 saturated carbocycles. The van der Waals surface area contributed by atoms with E-state index in [2.05, 4.69) is 4.98 Å². The summed E-state index contributed by atoms with van der Waals surface area (Å²) in [7, 11) is 4.66. The van der Waals surface area contributed by atoms with Crippen LogP contribution in [0.5, 0.6) is 17.2 Å². The normalized spacial score (nSPS) is 14.4. The van der Waals surface area contributed by atoms with E-state index in [0.29, 0.717) is 45.9 Å². The number of pyridine rings is 1. The van der Waals surface area contributed by atoms with Gasteiger partial charge in [0.2, 0.25) is 0 Å². The molecule has 1 heterocycles. The fourth-order valence-electron chi connectivity index (χ4n) is 3.47. The zero-order valence-corrected chi connectivity index (χ0v) is 15.8. The standard InChI is InChI=1S/C22H19NO5/c1-26-16-5-4-12-6-15(22(25)23-18(12)10-16)8-14-7-13-9-19(27-2)20(28-3)11-17(13)21(14)24/h4-6,8-11H,7H2,1-3H3,(H,23,25). The molecule has 4 rings (SSSR count). The van der Waals surface area contributed by atoms with Crippen LogP contribution in [0.15, 0.2) is 46.8 Å². The van der Waals surface area contributed by atoms with Crippen molar-refractivity contribution in [1.82, 2.24) is 4.98 Å². The molecule has 0 aliphatic heterocycles. The number of rotatable bonds is 4. The molecule has 142 valence electrons. The molecule has 6 nitrogen and oxygen atoms in total. The number of methoxy groups -OCH3 is 3. The maximum atomic E-state index is 12.8. The smallest absolute Gasteiger partial charge is 0.255 e. The van der Waals surface area contributed by atoms with E-state index in [9.17, 15) is 9.59 Å². The number of carbonyl (C=O) groups excluding carboxylic acids is 1. The summed E-state index contributed by atoms with van der Waals surface area (Å²) in [6.07, 6.45) is 2.10. The monoisotopic (exact) mass is 377 g/mol. The number of Topliss-reactive ketones (excluding diaryl/α,β-unsaturated/α-hetero) is 1. The third-order valence-corrected chi connectivity index (χ3v) is 4.94. The first-order valence-electron chi connectivity index (χ1n) is 8.75. The molecule has 0 amide bonds. The van der Waals surface area contributed by atoms with Gasteiger partial charge in [-0.2, -0.15) is 0 Å². The van der Waals surface area contributed by atoms with Gasteiger partial charge >= 0.3 is 0 Å². The number of aromatic amines is 1. The van der Waals surface area contributed by atoms with Gasteiger partial charge in [-0.25, -0.2) is 0 Å². The minimum atomic E-state index is -0.257. The van der Waals surface area contributed by atoms with E-state index in [4.69, 9.17) is 14.2 Å². The molecule has 0 fully saturated rings. The molecule has 1 N–H and O–H groups in total. The topological polar surface area (TPSA) is 77.6 Å². The first kappa shape index (κ1) is 17.9. The maximum Gasteiger partial charge on any atom is 0.255 e. The molecule has 0 saturated heterocycles. The van der Waals surface area contributed by atoms with E-state index in [1.807, 2.05) is 18.2 Å². The van der Waals surface area contributed by atoms with Gasteiger partial charge in [0.25, 0.3) is 5.56 Å². The highest BCUT2D eigenvalue weighted by Gasteiger charge is 2.27. The molecule has 0 unspecified atom stereocenters. The van der Waals surface area contributed by atoms with E-state index in [0.717, 1.165) is 10.9 Å². The van der Waals surface area contributed by atoms with Crippen molar-refractivity contribution < 1.29 is 19.0 Å². The zero-order valence-electron chi connectivity index (χ0n) is 15.8. The molecule has 1 aromatic heterocycles. The van der Waals surface area contributed by atoms with Crippen molar-refractivity contribution in [3.05, 3.63) is 69.0 Å². The van der Waals surface area contributed by atoms with Gasteiger partial charge in [0.05, 0.1) is 26.8 Å². The summed E-state index contributed by atoms with van der Waals surface area (Å²) < 4.78 is 15.8. The number of hydrogen-bond donors (Lipinski definition) is 1. The van der Waals surface area contributed by atoms with Crippen molar-refractivity contribution in [2.75, 3.05) is 21.3 Å². The van der Waals surface area contributed by atoms with Gasteiger partial charge in [-0.1, -0.05) is 0 Å². The lowest BCUT2D eigenvalue weighted by atomic mass is 10.1. The first-order chi connectivity index (χ1) is 13.5. The van der Waals surface area contributed by atoms with Gasteiger partial charge in [0, 0.05) is 29.2 Å². The highest BCUT2D eigenvalue weighted by molar-refractivity contribution is 6.16. The molecule has 1 aliphatic rings. The Balaban J connectivity index is 1.76. The number of fused-ring (bicyclic) bond motifs is 2. The molecule has 28 heavy (non-hydrogen) atoms. The number of hydrogen-bond acceptors (Lipinski definition) is 5. The summed E-state index contributed by atoms with van der Waals surface area (Å²) in [6, 6.07) is 10.7. The first-order valence-corrected chi connectivity index (χ1v) is 8.75. The van der Waals surface area contributed by atoms with Gasteiger partial charge < -0.3 is 19.2 Å². The predicted molar refractivity (Wildman–Crippen MR) is 107 cm³/mol. The van der Waals surface area contributed by atoms with Gasteiger partial charge in [-0.3, -0.25) is 9.59 Å². The van der Waals surface area contributed by atoms with Crippen LogP contribution in [0.3, 0.4) is 0 Å². The second kappa shape index (κ2) is 6.88. The molecule has 0 radical (unpaired) electrons. The Kier molecular flexibility index (Phi) is 4.39. The lowest BCUT2D eigenvalue weighted by Crippen LogP contribution is -2.10. The Bertz CT molecular complexity index is 1190. The van der Waals surface area contributed by atoms with Crippen LogP contribution in [0.2, 0.25) is 0 Å². The molecule has 0 atom stereocenters. The van der Waals surface area contributed by atoms with Gasteiger partial charge in [-0.15, -0.1) is 0 Å². The number of benzene rings is 2. The lowest BCUT2D eigenvalue weighted by Gasteiger charge is -2.08. The fourth-order valence-corrected chi connectivity index (χ4v) is 3.47. The van der Waals surface area contributed by atoms with Crippen molar-refractivity contribution in [2.45, 2.75) is 6.42 Å². The van der Waals surface area contributed by atoms with Crippen LogP contribution >= 0.6 is 0 Å². The van der Waals surface area contributed by atoms with Gasteiger partial charge in [0.15, 0.2) is 17.3 Å². The van der Waals surface area contributed by atoms with Crippen molar-refractivity contribution in [3.8, 4) is 17.2 Å². The Morgan fingerprint density at radius 3 is 2.39 bits per heavy atom. The van der Waals surface area contributed by atoms with Gasteiger partial charge in [-0.05, 0) is 47.4 Å². The average molecular weight is 377 g/mol. The molecular weight excluding hydrogens is 358 g/mol. The molecule has 3 aromatic rings.